The molecule has 0 aliphatic rings. The van der Waals surface area contributed by atoms with Gasteiger partial charge in [0, 0.05) is 29.3 Å². The molecule has 0 spiro atoms. The number of hydrogen-bond donors (Lipinski definition) is 1. The van der Waals surface area contributed by atoms with Gasteiger partial charge in [0.25, 0.3) is 0 Å². The molecule has 0 bridgehead atoms. The zero-order chi connectivity index (χ0) is 23.9. The van der Waals surface area contributed by atoms with Gasteiger partial charge in [0.05, 0.1) is 16.1 Å². The number of aromatic nitrogens is 5. The van der Waals surface area contributed by atoms with Crippen molar-refractivity contribution in [2.75, 3.05) is 6.54 Å². The quantitative estimate of drug-likeness (QED) is 0.397. The van der Waals surface area contributed by atoms with Crippen LogP contribution in [0.5, 0.6) is 0 Å². The van der Waals surface area contributed by atoms with Gasteiger partial charge in [0.1, 0.15) is 0 Å². The second-order valence-corrected chi connectivity index (χ2v) is 9.29. The minimum Gasteiger partial charge on any atom is -0.256 e. The van der Waals surface area contributed by atoms with Crippen LogP contribution >= 0.6 is 0 Å². The van der Waals surface area contributed by atoms with E-state index in [1.165, 1.54) is 36.4 Å². The number of fused-ring (bicyclic) bond motifs is 2. The molecule has 0 aliphatic heterocycles. The standard InChI is InChI=1S/C23H18F2N6O2S/c1-2-27-34(32,33)18-7-3-5-16(14-18)20-10-11-21-28-29-22(31(21)30-20)23(24,25)17-8-9-19-15(13-17)6-4-12-26-19/h3-14,27H,2H2,1H3. The lowest BCUT2D eigenvalue weighted by Gasteiger charge is -2.15. The molecule has 0 saturated carbocycles. The van der Waals surface area contributed by atoms with E-state index in [0.717, 1.165) is 4.52 Å². The van der Waals surface area contributed by atoms with E-state index in [1.807, 2.05) is 0 Å². The van der Waals surface area contributed by atoms with Gasteiger partial charge in [-0.05, 0) is 42.5 Å². The van der Waals surface area contributed by atoms with E-state index < -0.39 is 21.8 Å². The van der Waals surface area contributed by atoms with Gasteiger partial charge in [-0.1, -0.05) is 31.2 Å². The Morgan fingerprint density at radius 2 is 1.85 bits per heavy atom. The molecule has 5 rings (SSSR count). The van der Waals surface area contributed by atoms with Crippen LogP contribution in [0.4, 0.5) is 8.78 Å². The number of nitrogens with one attached hydrogen (secondary N) is 1. The van der Waals surface area contributed by atoms with E-state index in [9.17, 15) is 8.42 Å². The molecule has 2 aromatic carbocycles. The van der Waals surface area contributed by atoms with E-state index in [0.29, 0.717) is 22.2 Å². The van der Waals surface area contributed by atoms with Crippen molar-refractivity contribution in [3.8, 4) is 11.3 Å². The number of pyridine rings is 1. The van der Waals surface area contributed by atoms with E-state index in [1.54, 1.807) is 43.5 Å². The van der Waals surface area contributed by atoms with Crippen LogP contribution in [-0.2, 0) is 15.9 Å². The largest absolute Gasteiger partial charge is 0.333 e. The van der Waals surface area contributed by atoms with Gasteiger partial charge in [-0.2, -0.15) is 18.4 Å². The maximum Gasteiger partial charge on any atom is 0.333 e. The lowest BCUT2D eigenvalue weighted by molar-refractivity contribution is 0.0307. The third kappa shape index (κ3) is 3.78. The van der Waals surface area contributed by atoms with Crippen molar-refractivity contribution in [1.82, 2.24) is 29.5 Å². The Hall–Kier alpha value is -3.83. The summed E-state index contributed by atoms with van der Waals surface area (Å²) >= 11 is 0. The van der Waals surface area contributed by atoms with Crippen LogP contribution in [0.2, 0.25) is 0 Å². The number of hydrogen-bond acceptors (Lipinski definition) is 6. The fraction of sp³-hybridized carbons (Fsp3) is 0.130. The third-order valence-electron chi connectivity index (χ3n) is 5.28. The molecule has 172 valence electrons. The first-order chi connectivity index (χ1) is 16.3. The number of sulfonamides is 1. The molecular formula is C23H18F2N6O2S. The van der Waals surface area contributed by atoms with Gasteiger partial charge in [0.2, 0.25) is 15.8 Å². The van der Waals surface area contributed by atoms with Crippen LogP contribution in [0.3, 0.4) is 0 Å². The highest BCUT2D eigenvalue weighted by molar-refractivity contribution is 7.89. The Kier molecular flexibility index (Phi) is 5.29. The molecule has 0 aliphatic carbocycles. The highest BCUT2D eigenvalue weighted by Crippen LogP contribution is 2.36. The van der Waals surface area contributed by atoms with Crippen LogP contribution in [-0.4, -0.2) is 39.8 Å². The van der Waals surface area contributed by atoms with Crippen molar-refractivity contribution in [3.63, 3.8) is 0 Å². The fourth-order valence-corrected chi connectivity index (χ4v) is 4.72. The summed E-state index contributed by atoms with van der Waals surface area (Å²) in [7, 11) is -3.69. The van der Waals surface area contributed by atoms with Crippen LogP contribution in [0.15, 0.2) is 77.8 Å². The van der Waals surface area contributed by atoms with Gasteiger partial charge in [-0.3, -0.25) is 4.98 Å². The molecule has 0 amide bonds. The molecule has 34 heavy (non-hydrogen) atoms. The zero-order valence-corrected chi connectivity index (χ0v) is 18.7. The van der Waals surface area contributed by atoms with Gasteiger partial charge in [-0.15, -0.1) is 10.2 Å². The molecule has 8 nitrogen and oxygen atoms in total. The SMILES string of the molecule is CCNS(=O)(=O)c1cccc(-c2ccc3nnc(C(F)(F)c4ccc5ncccc5c4)n3n2)c1. The lowest BCUT2D eigenvalue weighted by Crippen LogP contribution is -2.23. The number of benzene rings is 2. The summed E-state index contributed by atoms with van der Waals surface area (Å²) in [5.74, 6) is -4.14. The summed E-state index contributed by atoms with van der Waals surface area (Å²) in [5, 5.41) is 12.4. The topological polar surface area (TPSA) is 102 Å². The van der Waals surface area contributed by atoms with Crippen LogP contribution in [0.25, 0.3) is 27.8 Å². The molecule has 11 heteroatoms. The smallest absolute Gasteiger partial charge is 0.256 e. The summed E-state index contributed by atoms with van der Waals surface area (Å²) in [6, 6.07) is 16.8. The first-order valence-electron chi connectivity index (χ1n) is 10.4. The van der Waals surface area contributed by atoms with Crippen molar-refractivity contribution < 1.29 is 17.2 Å². The molecule has 0 unspecified atom stereocenters. The average Bonchev–Trinajstić information content (AvgIpc) is 3.28. The summed E-state index contributed by atoms with van der Waals surface area (Å²) in [5.41, 5.74) is 1.20. The van der Waals surface area contributed by atoms with Crippen molar-refractivity contribution in [2.24, 2.45) is 0 Å². The average molecular weight is 481 g/mol. The number of rotatable bonds is 6. The molecule has 0 atom stereocenters. The van der Waals surface area contributed by atoms with E-state index in [4.69, 9.17) is 0 Å². The minimum atomic E-state index is -3.69. The normalized spacial score (nSPS) is 12.4. The Morgan fingerprint density at radius 1 is 1.00 bits per heavy atom. The second kappa shape index (κ2) is 8.19. The third-order valence-corrected chi connectivity index (χ3v) is 6.83. The Labute approximate surface area is 193 Å². The molecule has 0 fully saturated rings. The molecular weight excluding hydrogens is 462 g/mol. The van der Waals surface area contributed by atoms with E-state index in [-0.39, 0.29) is 22.7 Å². The van der Waals surface area contributed by atoms with Crippen molar-refractivity contribution in [1.29, 1.82) is 0 Å². The zero-order valence-electron chi connectivity index (χ0n) is 17.9. The second-order valence-electron chi connectivity index (χ2n) is 7.53. The number of nitrogens with zero attached hydrogens (tertiary/aromatic N) is 5. The first kappa shape index (κ1) is 22.0. The molecule has 1 N–H and O–H groups in total. The summed E-state index contributed by atoms with van der Waals surface area (Å²) in [6.07, 6.45) is 1.59. The highest BCUT2D eigenvalue weighted by atomic mass is 32.2. The van der Waals surface area contributed by atoms with E-state index >= 15 is 8.78 Å². The van der Waals surface area contributed by atoms with Gasteiger partial charge in [0.15, 0.2) is 5.65 Å². The van der Waals surface area contributed by atoms with Crippen LogP contribution < -0.4 is 4.72 Å². The highest BCUT2D eigenvalue weighted by Gasteiger charge is 2.40. The van der Waals surface area contributed by atoms with Crippen molar-refractivity contribution in [3.05, 3.63) is 84.3 Å². The summed E-state index contributed by atoms with van der Waals surface area (Å²) in [6.45, 7) is 1.91. The van der Waals surface area contributed by atoms with Crippen molar-refractivity contribution >= 4 is 26.6 Å². The predicted molar refractivity (Wildman–Crippen MR) is 122 cm³/mol. The number of halogens is 2. The molecule has 0 saturated heterocycles. The predicted octanol–water partition coefficient (Wildman–Crippen LogP) is 3.78. The number of alkyl halides is 2. The molecule has 5 aromatic rings. The first-order valence-corrected chi connectivity index (χ1v) is 11.8. The van der Waals surface area contributed by atoms with E-state index in [2.05, 4.69) is 25.0 Å². The molecule has 0 radical (unpaired) electrons. The maximum absolute atomic E-state index is 15.5. The lowest BCUT2D eigenvalue weighted by atomic mass is 10.0. The summed E-state index contributed by atoms with van der Waals surface area (Å²) < 4.78 is 59.2. The van der Waals surface area contributed by atoms with Crippen LogP contribution in [0, 0.1) is 0 Å². The Balaban J connectivity index is 1.60. The van der Waals surface area contributed by atoms with Gasteiger partial charge < -0.3 is 0 Å². The Morgan fingerprint density at radius 3 is 2.68 bits per heavy atom. The summed E-state index contributed by atoms with van der Waals surface area (Å²) in [4.78, 5) is 4.21. The van der Waals surface area contributed by atoms with Gasteiger partial charge in [-0.25, -0.2) is 13.1 Å². The van der Waals surface area contributed by atoms with Crippen LogP contribution in [0.1, 0.15) is 18.3 Å². The monoisotopic (exact) mass is 480 g/mol. The molecule has 3 heterocycles. The fourth-order valence-electron chi connectivity index (χ4n) is 3.63. The maximum atomic E-state index is 15.5. The minimum absolute atomic E-state index is 0.0489. The van der Waals surface area contributed by atoms with Crippen molar-refractivity contribution in [2.45, 2.75) is 17.7 Å². The van der Waals surface area contributed by atoms with Gasteiger partial charge >= 0.3 is 5.92 Å². The molecule has 3 aromatic heterocycles. The Bertz CT molecular complexity index is 1640.